The molecular formula is C22H29N3O3. The van der Waals surface area contributed by atoms with Gasteiger partial charge in [0.1, 0.15) is 6.10 Å². The number of hydrogen-bond donors (Lipinski definition) is 1. The first-order valence-electron chi connectivity index (χ1n) is 10.3. The minimum absolute atomic E-state index is 0.00885. The van der Waals surface area contributed by atoms with Gasteiger partial charge in [-0.1, -0.05) is 30.3 Å². The van der Waals surface area contributed by atoms with Crippen LogP contribution in [0, 0.1) is 0 Å². The van der Waals surface area contributed by atoms with Gasteiger partial charge in [0.05, 0.1) is 31.5 Å². The zero-order chi connectivity index (χ0) is 19.3. The Bertz CT molecular complexity index is 784. The Kier molecular flexibility index (Phi) is 6.07. The third-order valence-corrected chi connectivity index (χ3v) is 5.68. The number of amides is 1. The average Bonchev–Trinajstić information content (AvgIpc) is 3.38. The minimum Gasteiger partial charge on any atom is -0.376 e. The molecule has 28 heavy (non-hydrogen) atoms. The normalized spacial score (nSPS) is 22.6. The number of fused-ring (bicyclic) bond motifs is 1. The maximum atomic E-state index is 12.6. The summed E-state index contributed by atoms with van der Waals surface area (Å²) in [5, 5.41) is 7.77. The van der Waals surface area contributed by atoms with Gasteiger partial charge in [-0.25, -0.2) is 0 Å². The smallest absolute Gasteiger partial charge is 0.249 e. The fourth-order valence-electron chi connectivity index (χ4n) is 4.05. The van der Waals surface area contributed by atoms with Crippen molar-refractivity contribution in [1.82, 2.24) is 15.1 Å². The summed E-state index contributed by atoms with van der Waals surface area (Å²) in [6.45, 7) is 3.86. The van der Waals surface area contributed by atoms with Gasteiger partial charge in [-0.2, -0.15) is 5.10 Å². The van der Waals surface area contributed by atoms with Crippen LogP contribution >= 0.6 is 0 Å². The first-order chi connectivity index (χ1) is 13.7. The first-order valence-corrected chi connectivity index (χ1v) is 10.3. The predicted molar refractivity (Wildman–Crippen MR) is 106 cm³/mol. The maximum absolute atomic E-state index is 12.6. The summed E-state index contributed by atoms with van der Waals surface area (Å²) in [5.41, 5.74) is 3.60. The van der Waals surface area contributed by atoms with Crippen LogP contribution in [-0.2, 0) is 27.2 Å². The van der Waals surface area contributed by atoms with Crippen LogP contribution in [0.25, 0.3) is 0 Å². The highest BCUT2D eigenvalue weighted by Crippen LogP contribution is 2.30. The van der Waals surface area contributed by atoms with Crippen molar-refractivity contribution in [1.29, 1.82) is 0 Å². The second kappa shape index (κ2) is 8.88. The van der Waals surface area contributed by atoms with Crippen LogP contribution in [0.3, 0.4) is 0 Å². The standard InChI is InChI=1S/C22H29N3O3/c1-16(28-15-18-9-6-12-27-18)22(26)24-20-10-5-11-21-19(20)13-23-25(21)14-17-7-3-2-4-8-17/h2-4,7-8,13,16,18,20H,5-6,9-12,14-15H2,1H3,(H,24,26). The summed E-state index contributed by atoms with van der Waals surface area (Å²) in [6, 6.07) is 10.4. The topological polar surface area (TPSA) is 65.4 Å². The molecule has 0 saturated carbocycles. The third-order valence-electron chi connectivity index (χ3n) is 5.68. The lowest BCUT2D eigenvalue weighted by atomic mass is 9.92. The minimum atomic E-state index is -0.478. The fraction of sp³-hybridized carbons (Fsp3) is 0.545. The summed E-state index contributed by atoms with van der Waals surface area (Å²) < 4.78 is 13.4. The predicted octanol–water partition coefficient (Wildman–Crippen LogP) is 3.01. The number of nitrogens with one attached hydrogen (secondary N) is 1. The van der Waals surface area contributed by atoms with Gasteiger partial charge in [0.15, 0.2) is 0 Å². The van der Waals surface area contributed by atoms with Crippen molar-refractivity contribution in [3.05, 3.63) is 53.3 Å². The molecule has 2 aromatic rings. The highest BCUT2D eigenvalue weighted by atomic mass is 16.5. The van der Waals surface area contributed by atoms with Gasteiger partial charge < -0.3 is 14.8 Å². The Labute approximate surface area is 166 Å². The van der Waals surface area contributed by atoms with Gasteiger partial charge in [-0.05, 0) is 44.6 Å². The number of carbonyl (C=O) groups excluding carboxylic acids is 1. The molecule has 1 N–H and O–H groups in total. The number of aromatic nitrogens is 2. The molecule has 1 aromatic carbocycles. The molecule has 1 saturated heterocycles. The summed E-state index contributed by atoms with van der Waals surface area (Å²) in [4.78, 5) is 12.6. The Balaban J connectivity index is 1.37. The van der Waals surface area contributed by atoms with Gasteiger partial charge in [0, 0.05) is 17.9 Å². The molecule has 150 valence electrons. The Morgan fingerprint density at radius 3 is 2.96 bits per heavy atom. The molecule has 2 heterocycles. The highest BCUT2D eigenvalue weighted by Gasteiger charge is 2.28. The van der Waals surface area contributed by atoms with E-state index in [4.69, 9.17) is 9.47 Å². The maximum Gasteiger partial charge on any atom is 0.249 e. The van der Waals surface area contributed by atoms with Crippen LogP contribution in [-0.4, -0.2) is 41.1 Å². The molecule has 2 aliphatic rings. The van der Waals surface area contributed by atoms with Crippen LogP contribution < -0.4 is 5.32 Å². The molecule has 0 bridgehead atoms. The number of hydrogen-bond acceptors (Lipinski definition) is 4. The molecule has 6 nitrogen and oxygen atoms in total. The lowest BCUT2D eigenvalue weighted by molar-refractivity contribution is -0.134. The monoisotopic (exact) mass is 383 g/mol. The van der Waals surface area contributed by atoms with E-state index in [1.165, 1.54) is 11.3 Å². The van der Waals surface area contributed by atoms with E-state index in [0.29, 0.717) is 6.61 Å². The first kappa shape index (κ1) is 19.2. The molecule has 1 aliphatic heterocycles. The number of nitrogens with zero attached hydrogens (tertiary/aromatic N) is 2. The Morgan fingerprint density at radius 2 is 2.18 bits per heavy atom. The Hall–Kier alpha value is -2.18. The molecule has 4 rings (SSSR count). The van der Waals surface area contributed by atoms with Crippen molar-refractivity contribution in [2.24, 2.45) is 0 Å². The number of rotatable bonds is 7. The van der Waals surface area contributed by atoms with Gasteiger partial charge in [0.25, 0.3) is 0 Å². The van der Waals surface area contributed by atoms with E-state index >= 15 is 0 Å². The van der Waals surface area contributed by atoms with Gasteiger partial charge in [-0.3, -0.25) is 9.48 Å². The van der Waals surface area contributed by atoms with E-state index in [2.05, 4.69) is 27.2 Å². The van der Waals surface area contributed by atoms with Gasteiger partial charge >= 0.3 is 0 Å². The van der Waals surface area contributed by atoms with Crippen LogP contribution in [0.1, 0.15) is 55.5 Å². The van der Waals surface area contributed by atoms with E-state index in [0.717, 1.165) is 50.8 Å². The van der Waals surface area contributed by atoms with Crippen LogP contribution in [0.5, 0.6) is 0 Å². The molecule has 1 amide bonds. The third kappa shape index (κ3) is 4.45. The van der Waals surface area contributed by atoms with Crippen molar-refractivity contribution in [3.63, 3.8) is 0 Å². The van der Waals surface area contributed by atoms with Crippen LogP contribution in [0.4, 0.5) is 0 Å². The SMILES string of the molecule is CC(OCC1CCCO1)C(=O)NC1CCCc2c1cnn2Cc1ccccc1. The zero-order valence-electron chi connectivity index (χ0n) is 16.5. The van der Waals surface area contributed by atoms with Crippen molar-refractivity contribution in [2.45, 2.75) is 63.8 Å². The molecule has 1 aromatic heterocycles. The molecule has 3 unspecified atom stereocenters. The summed E-state index contributed by atoms with van der Waals surface area (Å²) >= 11 is 0. The van der Waals surface area contributed by atoms with E-state index in [-0.39, 0.29) is 18.1 Å². The fourth-order valence-corrected chi connectivity index (χ4v) is 4.05. The Morgan fingerprint density at radius 1 is 1.32 bits per heavy atom. The molecule has 3 atom stereocenters. The molecule has 0 spiro atoms. The van der Waals surface area contributed by atoms with Crippen molar-refractivity contribution >= 4 is 5.91 Å². The quantitative estimate of drug-likeness (QED) is 0.798. The second-order valence-corrected chi connectivity index (χ2v) is 7.75. The summed E-state index contributed by atoms with van der Waals surface area (Å²) in [5.74, 6) is -0.0633. The van der Waals surface area contributed by atoms with E-state index in [1.807, 2.05) is 31.3 Å². The van der Waals surface area contributed by atoms with Crippen molar-refractivity contribution in [2.75, 3.05) is 13.2 Å². The van der Waals surface area contributed by atoms with Crippen LogP contribution in [0.2, 0.25) is 0 Å². The molecule has 6 heteroatoms. The molecule has 1 aliphatic carbocycles. The number of carbonyl (C=O) groups is 1. The number of ether oxygens (including phenoxy) is 2. The van der Waals surface area contributed by atoms with Gasteiger partial charge in [-0.15, -0.1) is 0 Å². The molecule has 0 radical (unpaired) electrons. The number of benzene rings is 1. The average molecular weight is 383 g/mol. The zero-order valence-corrected chi connectivity index (χ0v) is 16.5. The molecular weight excluding hydrogens is 354 g/mol. The summed E-state index contributed by atoms with van der Waals surface area (Å²) in [7, 11) is 0. The lowest BCUT2D eigenvalue weighted by Crippen LogP contribution is -2.39. The van der Waals surface area contributed by atoms with E-state index in [1.54, 1.807) is 0 Å². The highest BCUT2D eigenvalue weighted by molar-refractivity contribution is 5.80. The van der Waals surface area contributed by atoms with Gasteiger partial charge in [0.2, 0.25) is 5.91 Å². The second-order valence-electron chi connectivity index (χ2n) is 7.75. The van der Waals surface area contributed by atoms with Crippen LogP contribution in [0.15, 0.2) is 36.5 Å². The van der Waals surface area contributed by atoms with Crippen molar-refractivity contribution in [3.8, 4) is 0 Å². The summed E-state index contributed by atoms with van der Waals surface area (Å²) in [6.07, 6.45) is 6.65. The lowest BCUT2D eigenvalue weighted by Gasteiger charge is -2.26. The largest absolute Gasteiger partial charge is 0.376 e. The van der Waals surface area contributed by atoms with Crippen molar-refractivity contribution < 1.29 is 14.3 Å². The van der Waals surface area contributed by atoms with E-state index in [9.17, 15) is 4.79 Å². The molecule has 1 fully saturated rings. The van der Waals surface area contributed by atoms with E-state index < -0.39 is 6.10 Å².